The van der Waals surface area contributed by atoms with Crippen LogP contribution < -0.4 is 20.9 Å². The highest BCUT2D eigenvalue weighted by atomic mass is 16.2. The molecular weight excluding hydrogens is 440 g/mol. The minimum absolute atomic E-state index is 0.127. The number of rotatable bonds is 5. The molecule has 2 amide bonds. The van der Waals surface area contributed by atoms with Crippen molar-refractivity contribution in [3.63, 3.8) is 0 Å². The van der Waals surface area contributed by atoms with E-state index in [0.717, 1.165) is 80.8 Å². The summed E-state index contributed by atoms with van der Waals surface area (Å²) in [5, 5.41) is 3.20. The third kappa shape index (κ3) is 5.49. The second-order valence-corrected chi connectivity index (χ2v) is 10.2. The van der Waals surface area contributed by atoms with Crippen molar-refractivity contribution < 1.29 is 9.59 Å². The van der Waals surface area contributed by atoms with Gasteiger partial charge in [-0.15, -0.1) is 0 Å². The molecule has 0 atom stereocenters. The van der Waals surface area contributed by atoms with Gasteiger partial charge in [-0.25, -0.2) is 0 Å². The quantitative estimate of drug-likeness (QED) is 0.687. The lowest BCUT2D eigenvalue weighted by molar-refractivity contribution is -0.123. The maximum atomic E-state index is 12.5. The highest BCUT2D eigenvalue weighted by Crippen LogP contribution is 2.32. The maximum Gasteiger partial charge on any atom is 0.234 e. The van der Waals surface area contributed by atoms with Gasteiger partial charge in [0.25, 0.3) is 0 Å². The summed E-state index contributed by atoms with van der Waals surface area (Å²) in [6, 6.07) is 9.08. The van der Waals surface area contributed by atoms with Crippen molar-refractivity contribution in [2.24, 2.45) is 5.73 Å². The lowest BCUT2D eigenvalue weighted by Crippen LogP contribution is -2.51. The van der Waals surface area contributed by atoms with E-state index < -0.39 is 0 Å². The molecule has 5 rings (SSSR count). The Morgan fingerprint density at radius 1 is 1.03 bits per heavy atom. The molecule has 8 heteroatoms. The third-order valence-electron chi connectivity index (χ3n) is 7.72. The molecule has 3 aliphatic rings. The summed E-state index contributed by atoms with van der Waals surface area (Å²) in [6.45, 7) is 3.90. The van der Waals surface area contributed by atoms with E-state index in [1.807, 2.05) is 25.5 Å². The van der Waals surface area contributed by atoms with Gasteiger partial charge in [0.05, 0.1) is 18.4 Å². The lowest BCUT2D eigenvalue weighted by Gasteiger charge is -2.36. The molecule has 1 aliphatic carbocycles. The Labute approximate surface area is 207 Å². The summed E-state index contributed by atoms with van der Waals surface area (Å²) in [7, 11) is 1.84. The van der Waals surface area contributed by atoms with Crippen LogP contribution in [-0.4, -0.2) is 73.6 Å². The van der Waals surface area contributed by atoms with Gasteiger partial charge >= 0.3 is 0 Å². The van der Waals surface area contributed by atoms with E-state index in [-0.39, 0.29) is 17.9 Å². The smallest absolute Gasteiger partial charge is 0.234 e. The molecule has 1 saturated heterocycles. The van der Waals surface area contributed by atoms with Gasteiger partial charge in [0.1, 0.15) is 0 Å². The summed E-state index contributed by atoms with van der Waals surface area (Å²) >= 11 is 0. The number of benzene rings is 1. The van der Waals surface area contributed by atoms with Gasteiger partial charge in [0, 0.05) is 69.2 Å². The number of hydrogen-bond acceptors (Lipinski definition) is 6. The van der Waals surface area contributed by atoms with E-state index in [1.165, 1.54) is 5.56 Å². The predicted octanol–water partition coefficient (Wildman–Crippen LogP) is 2.17. The van der Waals surface area contributed by atoms with Crippen molar-refractivity contribution >= 4 is 23.2 Å². The fourth-order valence-electron chi connectivity index (χ4n) is 5.50. The number of amides is 2. The van der Waals surface area contributed by atoms with E-state index in [4.69, 9.17) is 5.73 Å². The van der Waals surface area contributed by atoms with E-state index in [2.05, 4.69) is 38.3 Å². The number of aromatic nitrogens is 1. The number of nitrogens with zero attached hydrogens (tertiary/aromatic N) is 4. The number of aryl methyl sites for hydroxylation is 1. The van der Waals surface area contributed by atoms with Crippen LogP contribution in [-0.2, 0) is 16.0 Å². The molecule has 2 aromatic rings. The van der Waals surface area contributed by atoms with E-state index >= 15 is 0 Å². The maximum absolute atomic E-state index is 12.5. The number of piperazine rings is 1. The van der Waals surface area contributed by atoms with Gasteiger partial charge in [-0.1, -0.05) is 6.07 Å². The van der Waals surface area contributed by atoms with Crippen LogP contribution in [0, 0.1) is 0 Å². The van der Waals surface area contributed by atoms with Crippen LogP contribution in [0.25, 0.3) is 11.1 Å². The molecule has 1 aromatic carbocycles. The second-order valence-electron chi connectivity index (χ2n) is 10.2. The van der Waals surface area contributed by atoms with Crippen LogP contribution in [0.2, 0.25) is 0 Å². The van der Waals surface area contributed by atoms with Gasteiger partial charge < -0.3 is 20.9 Å². The molecule has 0 radical (unpaired) electrons. The van der Waals surface area contributed by atoms with Crippen LogP contribution in [0.5, 0.6) is 0 Å². The highest BCUT2D eigenvalue weighted by molar-refractivity contribution is 5.96. The van der Waals surface area contributed by atoms with Crippen LogP contribution in [0.1, 0.15) is 37.7 Å². The number of carbonyl (C=O) groups is 2. The van der Waals surface area contributed by atoms with Gasteiger partial charge in [0.2, 0.25) is 11.8 Å². The van der Waals surface area contributed by atoms with Crippen molar-refractivity contribution in [1.82, 2.24) is 15.2 Å². The third-order valence-corrected chi connectivity index (χ3v) is 7.72. The fourth-order valence-corrected chi connectivity index (χ4v) is 5.50. The van der Waals surface area contributed by atoms with E-state index in [1.54, 1.807) is 4.90 Å². The second kappa shape index (κ2) is 10.3. The monoisotopic (exact) mass is 476 g/mol. The molecule has 0 spiro atoms. The molecule has 1 saturated carbocycles. The molecule has 3 heterocycles. The van der Waals surface area contributed by atoms with Gasteiger partial charge in [-0.3, -0.25) is 19.5 Å². The van der Waals surface area contributed by atoms with Crippen LogP contribution >= 0.6 is 0 Å². The van der Waals surface area contributed by atoms with Crippen molar-refractivity contribution in [3.8, 4) is 11.1 Å². The highest BCUT2D eigenvalue weighted by Gasteiger charge is 2.24. The molecule has 35 heavy (non-hydrogen) atoms. The molecule has 3 N–H and O–H groups in total. The zero-order chi connectivity index (χ0) is 24.4. The molecule has 2 fully saturated rings. The number of hydrogen-bond donors (Lipinski definition) is 2. The molecule has 2 aliphatic heterocycles. The first-order valence-corrected chi connectivity index (χ1v) is 12.8. The molecule has 0 bridgehead atoms. The van der Waals surface area contributed by atoms with Gasteiger partial charge in [-0.2, -0.15) is 0 Å². The van der Waals surface area contributed by atoms with Crippen molar-refractivity contribution in [2.75, 3.05) is 49.6 Å². The first-order chi connectivity index (χ1) is 17.0. The summed E-state index contributed by atoms with van der Waals surface area (Å²) in [5.74, 6) is 0.298. The Kier molecular flexibility index (Phi) is 7.02. The van der Waals surface area contributed by atoms with Crippen molar-refractivity contribution in [1.29, 1.82) is 0 Å². The summed E-state index contributed by atoms with van der Waals surface area (Å²) in [5.41, 5.74) is 11.5. The zero-order valence-corrected chi connectivity index (χ0v) is 20.6. The topological polar surface area (TPSA) is 94.8 Å². The Bertz CT molecular complexity index is 1070. The number of fused-ring (bicyclic) bond motifs is 1. The van der Waals surface area contributed by atoms with Crippen molar-refractivity contribution in [2.45, 2.75) is 50.6 Å². The minimum atomic E-state index is 0.127. The molecular formula is C27H36N6O2. The summed E-state index contributed by atoms with van der Waals surface area (Å²) in [4.78, 5) is 35.4. The Morgan fingerprint density at radius 3 is 2.57 bits per heavy atom. The lowest BCUT2D eigenvalue weighted by atomic mass is 9.92. The summed E-state index contributed by atoms with van der Waals surface area (Å²) < 4.78 is 0. The Hall–Kier alpha value is -2.97. The Balaban J connectivity index is 1.17. The van der Waals surface area contributed by atoms with E-state index in [9.17, 15) is 9.59 Å². The predicted molar refractivity (Wildman–Crippen MR) is 138 cm³/mol. The number of anilines is 2. The summed E-state index contributed by atoms with van der Waals surface area (Å²) in [6.07, 6.45) is 9.14. The normalized spacial score (nSPS) is 23.2. The zero-order valence-electron chi connectivity index (χ0n) is 20.6. The average Bonchev–Trinajstić information content (AvgIpc) is 2.88. The van der Waals surface area contributed by atoms with Crippen LogP contribution in [0.3, 0.4) is 0 Å². The first kappa shape index (κ1) is 23.8. The SMILES string of the molecule is CN1C(=O)CCc2cc(-c3cncc(N4CCN(CC(=O)NC5CCC(N)CC5)CC4)c3)ccc21. The molecule has 8 nitrogen and oxygen atoms in total. The van der Waals surface area contributed by atoms with Gasteiger partial charge in [0.15, 0.2) is 0 Å². The standard InChI is InChI=1S/C27H36N6O2/c1-31-25-8-2-19(14-20(25)3-9-27(31)35)21-15-24(17-29-16-21)33-12-10-32(11-13-33)18-26(34)30-23-6-4-22(28)5-7-23/h2,8,14-17,22-23H,3-7,9-13,18,28H2,1H3,(H,30,34). The van der Waals surface area contributed by atoms with Gasteiger partial charge in [-0.05, 0) is 61.4 Å². The number of nitrogens with one attached hydrogen (secondary N) is 1. The van der Waals surface area contributed by atoms with Crippen LogP contribution in [0.15, 0.2) is 36.7 Å². The number of pyridine rings is 1. The first-order valence-electron chi connectivity index (χ1n) is 12.8. The van der Waals surface area contributed by atoms with Crippen LogP contribution in [0.4, 0.5) is 11.4 Å². The number of carbonyl (C=O) groups excluding carboxylic acids is 2. The molecule has 1 aromatic heterocycles. The fraction of sp³-hybridized carbons (Fsp3) is 0.519. The van der Waals surface area contributed by atoms with E-state index in [0.29, 0.717) is 19.0 Å². The minimum Gasteiger partial charge on any atom is -0.368 e. The molecule has 0 unspecified atom stereocenters. The Morgan fingerprint density at radius 2 is 1.80 bits per heavy atom. The largest absolute Gasteiger partial charge is 0.368 e. The molecule has 186 valence electrons. The van der Waals surface area contributed by atoms with Crippen molar-refractivity contribution in [3.05, 3.63) is 42.2 Å². The average molecular weight is 477 g/mol. The number of nitrogens with two attached hydrogens (primary N) is 1.